The molecule has 2 fully saturated rings. The highest BCUT2D eigenvalue weighted by Crippen LogP contribution is 2.30. The SMILES string of the molecule is CC(CN1CCCC1)NC(=O)N1CCC(C)(C(=O)O)CC1. The maximum absolute atomic E-state index is 12.2. The van der Waals surface area contributed by atoms with Gasteiger partial charge in [0.15, 0.2) is 0 Å². The van der Waals surface area contributed by atoms with E-state index in [1.165, 1.54) is 12.8 Å². The summed E-state index contributed by atoms with van der Waals surface area (Å²) in [7, 11) is 0. The highest BCUT2D eigenvalue weighted by molar-refractivity contribution is 5.77. The molecule has 2 aliphatic heterocycles. The van der Waals surface area contributed by atoms with Gasteiger partial charge < -0.3 is 20.2 Å². The third kappa shape index (κ3) is 4.09. The number of urea groups is 1. The monoisotopic (exact) mass is 297 g/mol. The molecular formula is C15H27N3O3. The number of hydrogen-bond acceptors (Lipinski definition) is 3. The van der Waals surface area contributed by atoms with Crippen molar-refractivity contribution in [2.75, 3.05) is 32.7 Å². The van der Waals surface area contributed by atoms with E-state index >= 15 is 0 Å². The molecule has 2 N–H and O–H groups in total. The lowest BCUT2D eigenvalue weighted by Crippen LogP contribution is -2.52. The minimum Gasteiger partial charge on any atom is -0.481 e. The zero-order valence-corrected chi connectivity index (χ0v) is 13.1. The molecule has 0 radical (unpaired) electrons. The van der Waals surface area contributed by atoms with E-state index in [1.807, 2.05) is 6.92 Å². The number of nitrogens with zero attached hydrogens (tertiary/aromatic N) is 2. The first-order chi connectivity index (χ1) is 9.90. The summed E-state index contributed by atoms with van der Waals surface area (Å²) < 4.78 is 0. The van der Waals surface area contributed by atoms with Gasteiger partial charge in [-0.1, -0.05) is 0 Å². The zero-order chi connectivity index (χ0) is 15.5. The molecule has 21 heavy (non-hydrogen) atoms. The van der Waals surface area contributed by atoms with Crippen LogP contribution >= 0.6 is 0 Å². The Bertz CT molecular complexity index is 386. The Morgan fingerprint density at radius 2 is 1.76 bits per heavy atom. The van der Waals surface area contributed by atoms with Crippen molar-refractivity contribution in [3.63, 3.8) is 0 Å². The maximum Gasteiger partial charge on any atom is 0.317 e. The van der Waals surface area contributed by atoms with Crippen LogP contribution in [0.2, 0.25) is 0 Å². The Hall–Kier alpha value is -1.30. The molecule has 0 aromatic heterocycles. The van der Waals surface area contributed by atoms with Crippen LogP contribution in [0.3, 0.4) is 0 Å². The Morgan fingerprint density at radius 1 is 1.19 bits per heavy atom. The molecule has 6 nitrogen and oxygen atoms in total. The van der Waals surface area contributed by atoms with E-state index in [2.05, 4.69) is 10.2 Å². The maximum atomic E-state index is 12.2. The molecule has 0 aliphatic carbocycles. The van der Waals surface area contributed by atoms with Gasteiger partial charge in [0.2, 0.25) is 0 Å². The molecule has 2 aliphatic rings. The number of hydrogen-bond donors (Lipinski definition) is 2. The Balaban J connectivity index is 1.75. The van der Waals surface area contributed by atoms with E-state index in [9.17, 15) is 14.7 Å². The van der Waals surface area contributed by atoms with Crippen LogP contribution in [0.4, 0.5) is 4.79 Å². The van der Waals surface area contributed by atoms with Crippen molar-refractivity contribution < 1.29 is 14.7 Å². The van der Waals surface area contributed by atoms with E-state index in [4.69, 9.17) is 0 Å². The lowest BCUT2D eigenvalue weighted by Gasteiger charge is -2.37. The molecule has 1 atom stereocenters. The summed E-state index contributed by atoms with van der Waals surface area (Å²) in [5, 5.41) is 12.2. The second kappa shape index (κ2) is 6.64. The highest BCUT2D eigenvalue weighted by Gasteiger charge is 2.38. The first-order valence-corrected chi connectivity index (χ1v) is 7.92. The number of rotatable bonds is 4. The van der Waals surface area contributed by atoms with E-state index in [1.54, 1.807) is 11.8 Å². The number of carbonyl (C=O) groups is 2. The molecule has 2 saturated heterocycles. The quantitative estimate of drug-likeness (QED) is 0.822. The van der Waals surface area contributed by atoms with Gasteiger partial charge in [0.05, 0.1) is 5.41 Å². The van der Waals surface area contributed by atoms with Crippen LogP contribution in [-0.2, 0) is 4.79 Å². The van der Waals surface area contributed by atoms with Gasteiger partial charge in [-0.3, -0.25) is 4.79 Å². The zero-order valence-electron chi connectivity index (χ0n) is 13.1. The lowest BCUT2D eigenvalue weighted by molar-refractivity contribution is -0.150. The van der Waals surface area contributed by atoms with Crippen LogP contribution in [0.1, 0.15) is 39.5 Å². The fourth-order valence-corrected chi connectivity index (χ4v) is 3.12. The molecule has 0 aromatic rings. The fraction of sp³-hybridized carbons (Fsp3) is 0.867. The summed E-state index contributed by atoms with van der Waals surface area (Å²) >= 11 is 0. The summed E-state index contributed by atoms with van der Waals surface area (Å²) in [6.07, 6.45) is 3.55. The number of carbonyl (C=O) groups excluding carboxylic acids is 1. The Labute approximate surface area is 126 Å². The van der Waals surface area contributed by atoms with Gasteiger partial charge in [0, 0.05) is 25.7 Å². The molecule has 120 valence electrons. The second-order valence-corrected chi connectivity index (χ2v) is 6.71. The summed E-state index contributed by atoms with van der Waals surface area (Å²) in [5.74, 6) is -0.759. The average molecular weight is 297 g/mol. The number of carboxylic acid groups (broad SMARTS) is 1. The summed E-state index contributed by atoms with van der Waals surface area (Å²) in [6.45, 7) is 7.98. The summed E-state index contributed by atoms with van der Waals surface area (Å²) in [6, 6.07) is 0.0671. The molecule has 0 aromatic carbocycles. The molecule has 2 rings (SSSR count). The van der Waals surface area contributed by atoms with Crippen LogP contribution in [0.25, 0.3) is 0 Å². The third-order valence-corrected chi connectivity index (χ3v) is 4.77. The molecule has 2 amide bonds. The standard InChI is InChI=1S/C15H27N3O3/c1-12(11-17-7-3-4-8-17)16-14(21)18-9-5-15(2,6-10-18)13(19)20/h12H,3-11H2,1-2H3,(H,16,21)(H,19,20). The van der Waals surface area contributed by atoms with Gasteiger partial charge in [-0.05, 0) is 52.6 Å². The molecule has 0 spiro atoms. The second-order valence-electron chi connectivity index (χ2n) is 6.71. The predicted molar refractivity (Wildman–Crippen MR) is 80.2 cm³/mol. The van der Waals surface area contributed by atoms with Gasteiger partial charge in [0.1, 0.15) is 0 Å². The molecule has 2 heterocycles. The molecule has 0 saturated carbocycles. The van der Waals surface area contributed by atoms with Crippen molar-refractivity contribution in [3.8, 4) is 0 Å². The van der Waals surface area contributed by atoms with Gasteiger partial charge in [0.25, 0.3) is 0 Å². The van der Waals surface area contributed by atoms with Crippen molar-refractivity contribution in [1.82, 2.24) is 15.1 Å². The van der Waals surface area contributed by atoms with Gasteiger partial charge in [-0.15, -0.1) is 0 Å². The van der Waals surface area contributed by atoms with Crippen molar-refractivity contribution >= 4 is 12.0 Å². The van der Waals surface area contributed by atoms with Crippen molar-refractivity contribution in [2.24, 2.45) is 5.41 Å². The van der Waals surface area contributed by atoms with Gasteiger partial charge in [-0.25, -0.2) is 4.79 Å². The third-order valence-electron chi connectivity index (χ3n) is 4.77. The van der Waals surface area contributed by atoms with Crippen molar-refractivity contribution in [2.45, 2.75) is 45.6 Å². The number of carboxylic acids is 1. The number of nitrogens with one attached hydrogen (secondary N) is 1. The van der Waals surface area contributed by atoms with Gasteiger partial charge >= 0.3 is 12.0 Å². The van der Waals surface area contributed by atoms with E-state index in [0.29, 0.717) is 25.9 Å². The van der Waals surface area contributed by atoms with Crippen molar-refractivity contribution in [1.29, 1.82) is 0 Å². The minimum absolute atomic E-state index is 0.0610. The predicted octanol–water partition coefficient (Wildman–Crippen LogP) is 1.37. The van der Waals surface area contributed by atoms with Crippen LogP contribution in [0, 0.1) is 5.41 Å². The topological polar surface area (TPSA) is 72.9 Å². The first kappa shape index (κ1) is 16.1. The van der Waals surface area contributed by atoms with E-state index in [0.717, 1.165) is 19.6 Å². The molecule has 1 unspecified atom stereocenters. The smallest absolute Gasteiger partial charge is 0.317 e. The highest BCUT2D eigenvalue weighted by atomic mass is 16.4. The van der Waals surface area contributed by atoms with Crippen LogP contribution in [0.15, 0.2) is 0 Å². The normalized spacial score (nSPS) is 23.8. The average Bonchev–Trinajstić information content (AvgIpc) is 2.91. The van der Waals surface area contributed by atoms with Crippen LogP contribution in [0.5, 0.6) is 0 Å². The fourth-order valence-electron chi connectivity index (χ4n) is 3.12. The Morgan fingerprint density at radius 3 is 2.29 bits per heavy atom. The number of aliphatic carboxylic acids is 1. The summed E-state index contributed by atoms with van der Waals surface area (Å²) in [4.78, 5) is 27.5. The minimum atomic E-state index is -0.759. The van der Waals surface area contributed by atoms with Crippen LogP contribution in [-0.4, -0.2) is 65.7 Å². The molecule has 6 heteroatoms. The largest absolute Gasteiger partial charge is 0.481 e. The summed E-state index contributed by atoms with van der Waals surface area (Å²) in [5.41, 5.74) is -0.683. The molecule has 0 bridgehead atoms. The number of amides is 2. The lowest BCUT2D eigenvalue weighted by atomic mass is 9.80. The number of piperidine rings is 1. The first-order valence-electron chi connectivity index (χ1n) is 7.92. The van der Waals surface area contributed by atoms with E-state index < -0.39 is 11.4 Å². The number of likely N-dealkylation sites (tertiary alicyclic amines) is 2. The van der Waals surface area contributed by atoms with Crippen molar-refractivity contribution in [3.05, 3.63) is 0 Å². The van der Waals surface area contributed by atoms with E-state index in [-0.39, 0.29) is 12.1 Å². The van der Waals surface area contributed by atoms with Gasteiger partial charge in [-0.2, -0.15) is 0 Å². The Kier molecular flexibility index (Phi) is 5.08. The molecular weight excluding hydrogens is 270 g/mol. The van der Waals surface area contributed by atoms with Crippen LogP contribution < -0.4 is 5.32 Å².